The topological polar surface area (TPSA) is 56.4 Å². The van der Waals surface area contributed by atoms with Crippen LogP contribution >= 0.6 is 0 Å². The summed E-state index contributed by atoms with van der Waals surface area (Å²) >= 11 is 0. The zero-order valence-electron chi connectivity index (χ0n) is 11.6. The molecule has 1 aliphatic rings. The summed E-state index contributed by atoms with van der Waals surface area (Å²) in [6.45, 7) is 5.02. The van der Waals surface area contributed by atoms with E-state index >= 15 is 0 Å². The molecule has 0 saturated carbocycles. The molecular weight excluding hydrogens is 242 g/mol. The number of hydrogen-bond donors (Lipinski definition) is 1. The number of rotatable bonds is 4. The van der Waals surface area contributed by atoms with E-state index in [1.54, 1.807) is 18.0 Å². The number of carbonyl (C=O) groups excluding carboxylic acids is 1. The number of hydrogen-bond acceptors (Lipinski definition) is 3. The molecule has 1 unspecified atom stereocenters. The minimum absolute atomic E-state index is 0.0888. The van der Waals surface area contributed by atoms with Crippen molar-refractivity contribution in [2.24, 2.45) is 0 Å². The minimum Gasteiger partial charge on any atom is -0.340 e. The van der Waals surface area contributed by atoms with Gasteiger partial charge in [-0.1, -0.05) is 6.92 Å². The molecule has 1 saturated heterocycles. The number of amides is 1. The van der Waals surface area contributed by atoms with Crippen LogP contribution in [0.5, 0.6) is 0 Å². The Labute approximate surface area is 113 Å². The Kier molecular flexibility index (Phi) is 4.37. The van der Waals surface area contributed by atoms with Crippen molar-refractivity contribution in [3.63, 3.8) is 0 Å². The summed E-state index contributed by atoms with van der Waals surface area (Å²) in [5, 5.41) is 0. The fourth-order valence-corrected chi connectivity index (χ4v) is 2.72. The van der Waals surface area contributed by atoms with Gasteiger partial charge in [-0.2, -0.15) is 0 Å². The highest BCUT2D eigenvalue weighted by atomic mass is 16.2. The average Bonchev–Trinajstić information content (AvgIpc) is 2.85. The van der Waals surface area contributed by atoms with Crippen LogP contribution in [0.2, 0.25) is 0 Å². The molecule has 0 spiro atoms. The normalized spacial score (nSPS) is 19.6. The van der Waals surface area contributed by atoms with Crippen molar-refractivity contribution < 1.29 is 4.79 Å². The van der Waals surface area contributed by atoms with Gasteiger partial charge in [0.05, 0.1) is 0 Å². The van der Waals surface area contributed by atoms with E-state index in [1.807, 2.05) is 0 Å². The Balaban J connectivity index is 2.01. The molecule has 1 aliphatic heterocycles. The van der Waals surface area contributed by atoms with Crippen LogP contribution in [0.15, 0.2) is 23.1 Å². The first kappa shape index (κ1) is 13.8. The molecule has 0 aromatic carbocycles. The number of nitrogens with one attached hydrogen (secondary N) is 1. The molecule has 0 bridgehead atoms. The second-order valence-corrected chi connectivity index (χ2v) is 5.05. The third kappa shape index (κ3) is 3.23. The first-order chi connectivity index (χ1) is 9.11. The number of aromatic amines is 1. The van der Waals surface area contributed by atoms with E-state index in [0.29, 0.717) is 11.6 Å². The molecule has 5 heteroatoms. The SMILES string of the molecule is CCN1CCCC1CN(C)C(=O)c1cc[nH]c(=O)c1. The standard InChI is InChI=1S/C14H21N3O2/c1-3-17-8-4-5-12(17)10-16(2)14(19)11-6-7-15-13(18)9-11/h6-7,9,12H,3-5,8,10H2,1-2H3,(H,15,18). The van der Waals surface area contributed by atoms with Crippen molar-refractivity contribution in [3.8, 4) is 0 Å². The van der Waals surface area contributed by atoms with Gasteiger partial charge in [-0.25, -0.2) is 0 Å². The number of carbonyl (C=O) groups is 1. The Morgan fingerprint density at radius 2 is 2.37 bits per heavy atom. The van der Waals surface area contributed by atoms with Crippen molar-refractivity contribution >= 4 is 5.91 Å². The maximum Gasteiger partial charge on any atom is 0.253 e. The highest BCUT2D eigenvalue weighted by Gasteiger charge is 2.25. The van der Waals surface area contributed by atoms with Crippen LogP contribution in [-0.2, 0) is 0 Å². The molecule has 104 valence electrons. The third-order valence-corrected chi connectivity index (χ3v) is 3.76. The molecular formula is C14H21N3O2. The highest BCUT2D eigenvalue weighted by molar-refractivity contribution is 5.93. The third-order valence-electron chi connectivity index (χ3n) is 3.76. The number of H-pyrrole nitrogens is 1. The lowest BCUT2D eigenvalue weighted by molar-refractivity contribution is 0.0754. The summed E-state index contributed by atoms with van der Waals surface area (Å²) in [6, 6.07) is 3.44. The van der Waals surface area contributed by atoms with Gasteiger partial charge in [0.15, 0.2) is 0 Å². The van der Waals surface area contributed by atoms with E-state index in [-0.39, 0.29) is 11.5 Å². The largest absolute Gasteiger partial charge is 0.340 e. The van der Waals surface area contributed by atoms with E-state index in [2.05, 4.69) is 16.8 Å². The first-order valence-electron chi connectivity index (χ1n) is 6.80. The van der Waals surface area contributed by atoms with Gasteiger partial charge in [0.25, 0.3) is 5.91 Å². The summed E-state index contributed by atoms with van der Waals surface area (Å²) in [7, 11) is 1.80. The zero-order chi connectivity index (χ0) is 13.8. The number of pyridine rings is 1. The van der Waals surface area contributed by atoms with Gasteiger partial charge in [-0.15, -0.1) is 0 Å². The fourth-order valence-electron chi connectivity index (χ4n) is 2.72. The molecule has 2 rings (SSSR count). The second kappa shape index (κ2) is 6.02. The summed E-state index contributed by atoms with van der Waals surface area (Å²) in [6.07, 6.45) is 3.85. The van der Waals surface area contributed by atoms with Crippen LogP contribution in [-0.4, -0.2) is 53.4 Å². The molecule has 1 amide bonds. The van der Waals surface area contributed by atoms with Crippen LogP contribution in [0.1, 0.15) is 30.1 Å². The number of likely N-dealkylation sites (tertiary alicyclic amines) is 1. The number of nitrogens with zero attached hydrogens (tertiary/aromatic N) is 2. The molecule has 1 aromatic rings. The van der Waals surface area contributed by atoms with Crippen LogP contribution < -0.4 is 5.56 Å². The summed E-state index contributed by atoms with van der Waals surface area (Å²) in [5.41, 5.74) is 0.211. The minimum atomic E-state index is -0.240. The molecule has 0 radical (unpaired) electrons. The molecule has 1 N–H and O–H groups in total. The van der Waals surface area contributed by atoms with Gasteiger partial charge in [-0.05, 0) is 32.0 Å². The Bertz CT molecular complexity index is 497. The van der Waals surface area contributed by atoms with Crippen molar-refractivity contribution in [3.05, 3.63) is 34.2 Å². The van der Waals surface area contributed by atoms with Crippen molar-refractivity contribution in [1.29, 1.82) is 0 Å². The molecule has 19 heavy (non-hydrogen) atoms. The molecule has 1 atom stereocenters. The molecule has 1 fully saturated rings. The van der Waals surface area contributed by atoms with Crippen LogP contribution in [0.3, 0.4) is 0 Å². The van der Waals surface area contributed by atoms with E-state index in [1.165, 1.54) is 18.7 Å². The predicted molar refractivity (Wildman–Crippen MR) is 74.3 cm³/mol. The van der Waals surface area contributed by atoms with Crippen molar-refractivity contribution in [2.75, 3.05) is 26.7 Å². The van der Waals surface area contributed by atoms with Crippen LogP contribution in [0.4, 0.5) is 0 Å². The van der Waals surface area contributed by atoms with Gasteiger partial charge in [0.2, 0.25) is 5.56 Å². The van der Waals surface area contributed by atoms with Gasteiger partial charge in [0.1, 0.15) is 0 Å². The van der Waals surface area contributed by atoms with Crippen molar-refractivity contribution in [2.45, 2.75) is 25.8 Å². The van der Waals surface area contributed by atoms with Gasteiger partial charge >= 0.3 is 0 Å². The monoisotopic (exact) mass is 263 g/mol. The van der Waals surface area contributed by atoms with E-state index in [9.17, 15) is 9.59 Å². The molecule has 0 aliphatic carbocycles. The van der Waals surface area contributed by atoms with E-state index in [4.69, 9.17) is 0 Å². The predicted octanol–water partition coefficient (Wildman–Crippen LogP) is 0.931. The number of aromatic nitrogens is 1. The lowest BCUT2D eigenvalue weighted by Crippen LogP contribution is -2.41. The van der Waals surface area contributed by atoms with Gasteiger partial charge in [-0.3, -0.25) is 14.5 Å². The summed E-state index contributed by atoms with van der Waals surface area (Å²) in [5.74, 6) is -0.0888. The summed E-state index contributed by atoms with van der Waals surface area (Å²) < 4.78 is 0. The molecule has 1 aromatic heterocycles. The highest BCUT2D eigenvalue weighted by Crippen LogP contribution is 2.17. The lowest BCUT2D eigenvalue weighted by atomic mass is 10.2. The smallest absolute Gasteiger partial charge is 0.253 e. The van der Waals surface area contributed by atoms with Crippen LogP contribution in [0.25, 0.3) is 0 Å². The molecule has 2 heterocycles. The number of likely N-dealkylation sites (N-methyl/N-ethyl adjacent to an activating group) is 2. The summed E-state index contributed by atoms with van der Waals surface area (Å²) in [4.78, 5) is 30.1. The molecule has 5 nitrogen and oxygen atoms in total. The van der Waals surface area contributed by atoms with Gasteiger partial charge in [0, 0.05) is 37.5 Å². The zero-order valence-corrected chi connectivity index (χ0v) is 11.6. The average molecular weight is 263 g/mol. The second-order valence-electron chi connectivity index (χ2n) is 5.05. The maximum absolute atomic E-state index is 12.2. The van der Waals surface area contributed by atoms with E-state index < -0.39 is 0 Å². The van der Waals surface area contributed by atoms with Gasteiger partial charge < -0.3 is 9.88 Å². The first-order valence-corrected chi connectivity index (χ1v) is 6.80. The van der Waals surface area contributed by atoms with E-state index in [0.717, 1.165) is 26.1 Å². The van der Waals surface area contributed by atoms with Crippen molar-refractivity contribution in [1.82, 2.24) is 14.8 Å². The quantitative estimate of drug-likeness (QED) is 0.879. The lowest BCUT2D eigenvalue weighted by Gasteiger charge is -2.27. The fraction of sp³-hybridized carbons (Fsp3) is 0.571. The Hall–Kier alpha value is -1.62. The maximum atomic E-state index is 12.2. The Morgan fingerprint density at radius 1 is 1.58 bits per heavy atom. The Morgan fingerprint density at radius 3 is 3.05 bits per heavy atom. The van der Waals surface area contributed by atoms with Crippen LogP contribution in [0, 0.1) is 0 Å².